The van der Waals surface area contributed by atoms with Gasteiger partial charge in [-0.2, -0.15) is 0 Å². The molecule has 0 N–H and O–H groups in total. The molecule has 302 valence electrons. The van der Waals surface area contributed by atoms with E-state index in [9.17, 15) is 9.59 Å². The van der Waals surface area contributed by atoms with Crippen molar-refractivity contribution in [3.63, 3.8) is 0 Å². The van der Waals surface area contributed by atoms with Crippen LogP contribution in [0.4, 0.5) is 11.4 Å². The van der Waals surface area contributed by atoms with E-state index in [1.807, 2.05) is 46.2 Å². The van der Waals surface area contributed by atoms with Gasteiger partial charge in [-0.1, -0.05) is 111 Å². The number of carbonyl (C=O) groups excluding carboxylic acids is 2. The average Bonchev–Trinajstić information content (AvgIpc) is 3.83. The maximum Gasteiger partial charge on any atom is 0.246 e. The summed E-state index contributed by atoms with van der Waals surface area (Å²) in [6.45, 7) is 31.0. The summed E-state index contributed by atoms with van der Waals surface area (Å²) in [5.41, 5.74) is 4.92. The molecular weight excluding hydrogens is 729 g/mol. The zero-order chi connectivity index (χ0) is 40.7. The zero-order valence-electron chi connectivity index (χ0n) is 36.2. The predicted molar refractivity (Wildman–Crippen MR) is 233 cm³/mol. The summed E-state index contributed by atoms with van der Waals surface area (Å²) in [7, 11) is -4.15. The Labute approximate surface area is 338 Å². The van der Waals surface area contributed by atoms with Gasteiger partial charge in [0, 0.05) is 24.5 Å². The second-order valence-electron chi connectivity index (χ2n) is 20.9. The summed E-state index contributed by atoms with van der Waals surface area (Å²) in [6, 6.07) is 26.7. The minimum absolute atomic E-state index is 0.0141. The maximum atomic E-state index is 14.7. The van der Waals surface area contributed by atoms with E-state index < -0.39 is 16.6 Å². The van der Waals surface area contributed by atoms with Gasteiger partial charge in [-0.3, -0.25) is 29.2 Å². The normalized spacial score (nSPS) is 26.7. The molecule has 4 aliphatic rings. The number of rotatable bonds is 8. The second kappa shape index (κ2) is 14.3. The van der Waals surface area contributed by atoms with Crippen LogP contribution in [0.2, 0.25) is 36.3 Å². The van der Waals surface area contributed by atoms with Crippen LogP contribution in [0.1, 0.15) is 104 Å². The smallest absolute Gasteiger partial charge is 0.246 e. The first-order valence-corrected chi connectivity index (χ1v) is 26.6. The van der Waals surface area contributed by atoms with Crippen LogP contribution >= 0.6 is 0 Å². The number of nitrogens with zero attached hydrogens (tertiary/aromatic N) is 4. The highest BCUT2D eigenvalue weighted by atomic mass is 28.4. The summed E-state index contributed by atoms with van der Waals surface area (Å²) in [5, 5.41) is 0.141. The van der Waals surface area contributed by atoms with Gasteiger partial charge in [-0.15, -0.1) is 0 Å². The molecule has 4 fully saturated rings. The van der Waals surface area contributed by atoms with Gasteiger partial charge >= 0.3 is 0 Å². The van der Waals surface area contributed by atoms with E-state index >= 15 is 0 Å². The minimum atomic E-state index is -2.08. The van der Waals surface area contributed by atoms with Crippen molar-refractivity contribution in [1.29, 1.82) is 0 Å². The van der Waals surface area contributed by atoms with Gasteiger partial charge < -0.3 is 8.85 Å². The molecule has 0 bridgehead atoms. The largest absolute Gasteiger partial charge is 0.413 e. The lowest BCUT2D eigenvalue weighted by atomic mass is 9.84. The van der Waals surface area contributed by atoms with E-state index in [1.54, 1.807) is 0 Å². The number of carbonyl (C=O) groups is 2. The number of anilines is 2. The Bertz CT molecular complexity index is 1800. The molecule has 56 heavy (non-hydrogen) atoms. The summed E-state index contributed by atoms with van der Waals surface area (Å²) < 4.78 is 14.0. The molecule has 4 heterocycles. The molecule has 0 aromatic heterocycles. The van der Waals surface area contributed by atoms with Crippen molar-refractivity contribution >= 4 is 39.8 Å². The highest BCUT2D eigenvalue weighted by Crippen LogP contribution is 2.49. The Morgan fingerprint density at radius 3 is 1.23 bits per heavy atom. The van der Waals surface area contributed by atoms with E-state index in [4.69, 9.17) is 8.85 Å². The van der Waals surface area contributed by atoms with Crippen LogP contribution in [0.15, 0.2) is 78.9 Å². The van der Waals surface area contributed by atoms with E-state index in [-0.39, 0.29) is 63.9 Å². The molecule has 0 aliphatic carbocycles. The summed E-state index contributed by atoms with van der Waals surface area (Å²) >= 11 is 0. The van der Waals surface area contributed by atoms with Crippen LogP contribution in [0, 0.1) is 0 Å². The topological polar surface area (TPSA) is 65.6 Å². The molecule has 0 unspecified atom stereocenters. The van der Waals surface area contributed by atoms with Gasteiger partial charge in [-0.25, -0.2) is 0 Å². The molecule has 4 aliphatic heterocycles. The SMILES string of the molecule is CC(C)(C)c1cc([C@H]2N(c3ccccc3)C(=O)[C@@H]3C[C@@H](O[Si](C)(C)C(C)(C)C)CN32)cc([C@H]2N(c3ccccc3)C(=O)[C@@H]3C[C@@H](O[Si](C)(C)C(C)(C)C)CN32)c1. The summed E-state index contributed by atoms with van der Waals surface area (Å²) in [4.78, 5) is 38.3. The van der Waals surface area contributed by atoms with Crippen LogP contribution in [-0.2, 0) is 23.9 Å². The molecule has 0 saturated carbocycles. The zero-order valence-corrected chi connectivity index (χ0v) is 38.2. The minimum Gasteiger partial charge on any atom is -0.413 e. The number of amides is 2. The highest BCUT2D eigenvalue weighted by Gasteiger charge is 2.56. The van der Waals surface area contributed by atoms with Crippen molar-refractivity contribution in [2.24, 2.45) is 0 Å². The quantitative estimate of drug-likeness (QED) is 0.212. The molecule has 8 nitrogen and oxygen atoms in total. The molecule has 4 saturated heterocycles. The lowest BCUT2D eigenvalue weighted by Gasteiger charge is -2.39. The Morgan fingerprint density at radius 2 is 0.911 bits per heavy atom. The van der Waals surface area contributed by atoms with E-state index in [0.29, 0.717) is 25.9 Å². The highest BCUT2D eigenvalue weighted by molar-refractivity contribution is 6.74. The first-order chi connectivity index (χ1) is 26.0. The van der Waals surface area contributed by atoms with Gasteiger partial charge in [0.1, 0.15) is 12.3 Å². The summed E-state index contributed by atoms with van der Waals surface area (Å²) in [5.74, 6) is 0.245. The van der Waals surface area contributed by atoms with Gasteiger partial charge in [-0.05, 0) is 102 Å². The first kappa shape index (κ1) is 41.0. The third-order valence-corrected chi connectivity index (χ3v) is 22.9. The monoisotopic (exact) mass is 794 g/mol. The fourth-order valence-corrected chi connectivity index (χ4v) is 11.4. The Kier molecular flexibility index (Phi) is 10.5. The molecular formula is C46H66N4O4Si2. The lowest BCUT2D eigenvalue weighted by molar-refractivity contribution is -0.120. The van der Waals surface area contributed by atoms with Crippen molar-refractivity contribution in [2.75, 3.05) is 22.9 Å². The number of para-hydroxylation sites is 2. The van der Waals surface area contributed by atoms with E-state index in [2.05, 4.69) is 141 Å². The number of fused-ring (bicyclic) bond motifs is 2. The predicted octanol–water partition coefficient (Wildman–Crippen LogP) is 10.0. The average molecular weight is 795 g/mol. The number of hydrogen-bond donors (Lipinski definition) is 0. The third kappa shape index (κ3) is 7.39. The van der Waals surface area contributed by atoms with Crippen molar-refractivity contribution in [3.8, 4) is 0 Å². The van der Waals surface area contributed by atoms with Crippen LogP contribution in [0.3, 0.4) is 0 Å². The molecule has 6 atom stereocenters. The van der Waals surface area contributed by atoms with Gasteiger partial charge in [0.05, 0.1) is 24.3 Å². The Balaban J connectivity index is 1.34. The number of benzene rings is 3. The fraction of sp³-hybridized carbons (Fsp3) is 0.565. The molecule has 3 aromatic carbocycles. The standard InChI is InChI=1S/C46H66N4O4Si2/c1-44(2,3)33-25-31(40-47-29-36(53-55(10,11)45(4,5)6)27-38(47)42(51)49(40)34-20-16-14-17-21-34)24-32(26-33)41-48-30-37(54-56(12,13)46(7,8)9)28-39(48)43(52)50(41)35-22-18-15-19-23-35/h14-26,36-41H,27-30H2,1-13H3/t36-,37-,38+,39+,40-,41-/m1/s1. The first-order valence-electron chi connectivity index (χ1n) is 20.8. The van der Waals surface area contributed by atoms with E-state index in [0.717, 1.165) is 22.5 Å². The second-order valence-corrected chi connectivity index (χ2v) is 30.4. The summed E-state index contributed by atoms with van der Waals surface area (Å²) in [6.07, 6.45) is 0.687. The maximum absolute atomic E-state index is 14.7. The van der Waals surface area contributed by atoms with Crippen LogP contribution in [-0.4, -0.2) is 75.6 Å². The molecule has 7 rings (SSSR count). The van der Waals surface area contributed by atoms with Crippen molar-refractivity contribution < 1.29 is 18.4 Å². The third-order valence-electron chi connectivity index (χ3n) is 13.8. The van der Waals surface area contributed by atoms with Crippen LogP contribution in [0.5, 0.6) is 0 Å². The molecule has 3 aromatic rings. The Hall–Kier alpha value is -3.13. The van der Waals surface area contributed by atoms with Gasteiger partial charge in [0.15, 0.2) is 16.6 Å². The van der Waals surface area contributed by atoms with Gasteiger partial charge in [0.25, 0.3) is 0 Å². The van der Waals surface area contributed by atoms with Crippen molar-refractivity contribution in [2.45, 2.75) is 153 Å². The van der Waals surface area contributed by atoms with Crippen molar-refractivity contribution in [1.82, 2.24) is 9.80 Å². The molecule has 0 spiro atoms. The number of hydrogen-bond acceptors (Lipinski definition) is 6. The van der Waals surface area contributed by atoms with Crippen LogP contribution < -0.4 is 9.80 Å². The van der Waals surface area contributed by atoms with Crippen molar-refractivity contribution in [3.05, 3.63) is 95.6 Å². The Morgan fingerprint density at radius 1 is 0.554 bits per heavy atom. The van der Waals surface area contributed by atoms with Gasteiger partial charge in [0.2, 0.25) is 11.8 Å². The molecule has 10 heteroatoms. The van der Waals surface area contributed by atoms with E-state index in [1.165, 1.54) is 5.56 Å². The lowest BCUT2D eigenvalue weighted by Crippen LogP contribution is -2.45. The van der Waals surface area contributed by atoms with Crippen LogP contribution in [0.25, 0.3) is 0 Å². The molecule has 2 amide bonds. The molecule has 0 radical (unpaired) electrons. The fourth-order valence-electron chi connectivity index (χ4n) is 8.69.